The number of carbonyl (C=O) groups excluding carboxylic acids is 1. The number of nitrogens with one attached hydrogen (secondary N) is 2. The quantitative estimate of drug-likeness (QED) is 0.827. The second-order valence-electron chi connectivity index (χ2n) is 5.21. The topological polar surface area (TPSA) is 99.3 Å². The van der Waals surface area contributed by atoms with Gasteiger partial charge < -0.3 is 10.3 Å². The fourth-order valence-corrected chi connectivity index (χ4v) is 5.30. The number of aromatic amines is 1. The molecule has 1 amide bonds. The third kappa shape index (κ3) is 3.72. The van der Waals surface area contributed by atoms with Gasteiger partial charge in [-0.25, -0.2) is 8.42 Å². The lowest BCUT2D eigenvalue weighted by Gasteiger charge is -2.30. The Morgan fingerprint density at radius 3 is 2.52 bits per heavy atom. The summed E-state index contributed by atoms with van der Waals surface area (Å²) < 4.78 is 26.5. The highest BCUT2D eigenvalue weighted by molar-refractivity contribution is 7.91. The molecular weight excluding hydrogens is 314 g/mol. The molecule has 0 atom stereocenters. The molecule has 2 heterocycles. The number of thiazole rings is 1. The number of amides is 1. The van der Waals surface area contributed by atoms with E-state index in [1.807, 2.05) is 0 Å². The summed E-state index contributed by atoms with van der Waals surface area (Å²) in [5, 5.41) is 2.76. The van der Waals surface area contributed by atoms with Crippen molar-refractivity contribution in [1.82, 2.24) is 14.6 Å². The maximum absolute atomic E-state index is 12.5. The second-order valence-corrected chi connectivity index (χ2v) is 8.33. The van der Waals surface area contributed by atoms with Crippen LogP contribution in [0.15, 0.2) is 9.00 Å². The molecule has 7 nitrogen and oxygen atoms in total. The van der Waals surface area contributed by atoms with Gasteiger partial charge in [0, 0.05) is 32.3 Å². The summed E-state index contributed by atoms with van der Waals surface area (Å²) in [6.07, 6.45) is 1.41. The fraction of sp³-hybridized carbons (Fsp3) is 0.667. The van der Waals surface area contributed by atoms with Crippen molar-refractivity contribution in [1.29, 1.82) is 0 Å². The molecular formula is C12H19N3O4S2. The molecule has 0 bridgehead atoms. The van der Waals surface area contributed by atoms with Crippen molar-refractivity contribution in [2.45, 2.75) is 30.9 Å². The molecule has 2 rings (SSSR count). The average molecular weight is 333 g/mol. The first-order chi connectivity index (χ1) is 9.80. The zero-order valence-corrected chi connectivity index (χ0v) is 13.6. The molecule has 1 aliphatic rings. The number of hydrogen-bond acceptors (Lipinski definition) is 5. The van der Waals surface area contributed by atoms with Gasteiger partial charge >= 0.3 is 4.87 Å². The Kier molecular flexibility index (Phi) is 4.84. The van der Waals surface area contributed by atoms with Crippen LogP contribution in [0, 0.1) is 12.8 Å². The minimum atomic E-state index is -3.59. The Balaban J connectivity index is 2.03. The first-order valence-corrected chi connectivity index (χ1v) is 9.00. The Labute approximate surface area is 127 Å². The Morgan fingerprint density at radius 1 is 1.43 bits per heavy atom. The number of sulfonamides is 1. The van der Waals surface area contributed by atoms with E-state index in [1.165, 1.54) is 11.2 Å². The van der Waals surface area contributed by atoms with Gasteiger partial charge in [0.25, 0.3) is 10.0 Å². The summed E-state index contributed by atoms with van der Waals surface area (Å²) in [7, 11) is -3.59. The van der Waals surface area contributed by atoms with E-state index in [4.69, 9.17) is 0 Å². The van der Waals surface area contributed by atoms with Crippen LogP contribution in [-0.2, 0) is 14.8 Å². The van der Waals surface area contributed by atoms with E-state index < -0.39 is 10.0 Å². The average Bonchev–Trinajstić information content (AvgIpc) is 2.76. The van der Waals surface area contributed by atoms with Gasteiger partial charge in [-0.2, -0.15) is 4.31 Å². The molecule has 0 aromatic carbocycles. The zero-order chi connectivity index (χ0) is 15.6. The van der Waals surface area contributed by atoms with Crippen LogP contribution in [-0.4, -0.2) is 43.2 Å². The highest BCUT2D eigenvalue weighted by Crippen LogP contribution is 2.26. The van der Waals surface area contributed by atoms with Gasteiger partial charge in [-0.3, -0.25) is 9.59 Å². The normalized spacial score (nSPS) is 17.8. The monoisotopic (exact) mass is 333 g/mol. The summed E-state index contributed by atoms with van der Waals surface area (Å²) in [4.78, 5) is 24.3. The zero-order valence-electron chi connectivity index (χ0n) is 12.0. The molecule has 0 aliphatic carbocycles. The largest absolute Gasteiger partial charge is 0.356 e. The number of piperidine rings is 1. The van der Waals surface area contributed by atoms with Crippen LogP contribution >= 0.6 is 11.3 Å². The van der Waals surface area contributed by atoms with Crippen molar-refractivity contribution in [2.75, 3.05) is 19.6 Å². The summed E-state index contributed by atoms with van der Waals surface area (Å²) in [6, 6.07) is 0. The van der Waals surface area contributed by atoms with Crippen LogP contribution in [0.2, 0.25) is 0 Å². The molecule has 1 saturated heterocycles. The van der Waals surface area contributed by atoms with Crippen molar-refractivity contribution in [3.63, 3.8) is 0 Å². The molecule has 21 heavy (non-hydrogen) atoms. The number of rotatable bonds is 4. The number of H-pyrrole nitrogens is 1. The van der Waals surface area contributed by atoms with E-state index in [9.17, 15) is 18.0 Å². The smallest absolute Gasteiger partial charge is 0.305 e. The van der Waals surface area contributed by atoms with Crippen molar-refractivity contribution in [3.05, 3.63) is 15.4 Å². The molecule has 9 heteroatoms. The van der Waals surface area contributed by atoms with E-state index in [0.717, 1.165) is 11.3 Å². The minimum Gasteiger partial charge on any atom is -0.356 e. The molecule has 2 N–H and O–H groups in total. The van der Waals surface area contributed by atoms with Gasteiger partial charge in [0.05, 0.1) is 0 Å². The van der Waals surface area contributed by atoms with Crippen LogP contribution in [0.3, 0.4) is 0 Å². The molecule has 1 aromatic heterocycles. The predicted molar refractivity (Wildman–Crippen MR) is 79.8 cm³/mol. The van der Waals surface area contributed by atoms with Crippen molar-refractivity contribution in [2.24, 2.45) is 5.92 Å². The highest BCUT2D eigenvalue weighted by Gasteiger charge is 2.32. The maximum atomic E-state index is 12.5. The summed E-state index contributed by atoms with van der Waals surface area (Å²) in [5.74, 6) is 0.226. The molecule has 0 unspecified atom stereocenters. The molecule has 118 valence electrons. The van der Waals surface area contributed by atoms with Crippen molar-refractivity contribution >= 4 is 27.3 Å². The Morgan fingerprint density at radius 2 is 2.05 bits per heavy atom. The third-order valence-electron chi connectivity index (χ3n) is 3.57. The molecule has 0 saturated carbocycles. The second kappa shape index (κ2) is 6.29. The summed E-state index contributed by atoms with van der Waals surface area (Å²) >= 11 is 0.732. The van der Waals surface area contributed by atoms with Crippen LogP contribution in [0.25, 0.3) is 0 Å². The number of aromatic nitrogens is 1. The number of aryl methyl sites for hydroxylation is 1. The van der Waals surface area contributed by atoms with E-state index in [1.54, 1.807) is 6.92 Å². The van der Waals surface area contributed by atoms with Gasteiger partial charge in [-0.05, 0) is 25.7 Å². The lowest BCUT2D eigenvalue weighted by atomic mass is 9.98. The predicted octanol–water partition coefficient (Wildman–Crippen LogP) is 0.282. The molecule has 1 aromatic rings. The number of carbonyl (C=O) groups is 1. The minimum absolute atomic E-state index is 0.0715. The first kappa shape index (κ1) is 16.2. The van der Waals surface area contributed by atoms with Crippen molar-refractivity contribution < 1.29 is 13.2 Å². The highest BCUT2D eigenvalue weighted by atomic mass is 32.2. The SMILES string of the molecule is CC(=O)NCC1CCN(S(=O)(=O)c2sc(=O)[nH]c2C)CC1. The summed E-state index contributed by atoms with van der Waals surface area (Å²) in [5.41, 5.74) is 0.394. The number of nitrogens with zero attached hydrogens (tertiary/aromatic N) is 1. The van der Waals surface area contributed by atoms with Crippen LogP contribution in [0.5, 0.6) is 0 Å². The Bertz CT molecular complexity index is 669. The molecule has 0 radical (unpaired) electrons. The maximum Gasteiger partial charge on any atom is 0.305 e. The standard InChI is InChI=1S/C12H19N3O4S2/c1-8-11(20-12(17)14-8)21(18,19)15-5-3-10(4-6-15)7-13-9(2)16/h10H,3-7H2,1-2H3,(H,13,16)(H,14,17). The van der Waals surface area contributed by atoms with Gasteiger partial charge in [-0.15, -0.1) is 0 Å². The van der Waals surface area contributed by atoms with Gasteiger partial charge in [0.2, 0.25) is 5.91 Å². The summed E-state index contributed by atoms with van der Waals surface area (Å²) in [6.45, 7) is 4.47. The lowest BCUT2D eigenvalue weighted by molar-refractivity contribution is -0.119. The lowest BCUT2D eigenvalue weighted by Crippen LogP contribution is -2.41. The Hall–Kier alpha value is -1.19. The molecule has 1 aliphatic heterocycles. The van der Waals surface area contributed by atoms with Gasteiger partial charge in [-0.1, -0.05) is 11.3 Å². The van der Waals surface area contributed by atoms with E-state index in [0.29, 0.717) is 44.1 Å². The van der Waals surface area contributed by atoms with Gasteiger partial charge in [0.15, 0.2) is 4.21 Å². The van der Waals surface area contributed by atoms with E-state index in [2.05, 4.69) is 10.3 Å². The van der Waals surface area contributed by atoms with Crippen LogP contribution < -0.4 is 10.2 Å². The molecule has 0 spiro atoms. The van der Waals surface area contributed by atoms with Gasteiger partial charge in [0.1, 0.15) is 0 Å². The van der Waals surface area contributed by atoms with Crippen LogP contribution in [0.4, 0.5) is 0 Å². The van der Waals surface area contributed by atoms with Crippen molar-refractivity contribution in [3.8, 4) is 0 Å². The molecule has 1 fully saturated rings. The third-order valence-corrected chi connectivity index (χ3v) is 7.05. The first-order valence-electron chi connectivity index (χ1n) is 6.75. The van der Waals surface area contributed by atoms with Crippen LogP contribution in [0.1, 0.15) is 25.5 Å². The van der Waals surface area contributed by atoms with E-state index >= 15 is 0 Å². The fourth-order valence-electron chi connectivity index (χ4n) is 2.40. The van der Waals surface area contributed by atoms with E-state index in [-0.39, 0.29) is 15.0 Å². The number of hydrogen-bond donors (Lipinski definition) is 2.